The number of rotatable bonds is 19. The van der Waals surface area contributed by atoms with Crippen LogP contribution < -0.4 is 14.6 Å². The topological polar surface area (TPSA) is 42.2 Å². The quantitative estimate of drug-likeness (QED) is 0.114. The number of hydrogen-bond donors (Lipinski definition) is 1. The number of thiazole rings is 1. The van der Waals surface area contributed by atoms with Gasteiger partial charge in [0.15, 0.2) is 12.7 Å². The summed E-state index contributed by atoms with van der Waals surface area (Å²) in [5.41, 5.74) is 6.23. The molecule has 3 rings (SSSR count). The van der Waals surface area contributed by atoms with Gasteiger partial charge in [-0.05, 0) is 41.2 Å². The van der Waals surface area contributed by atoms with E-state index in [1.54, 1.807) is 11.3 Å². The average molecular weight is 578 g/mol. The van der Waals surface area contributed by atoms with Crippen LogP contribution in [0, 0.1) is 0 Å². The summed E-state index contributed by atoms with van der Waals surface area (Å²) in [6.07, 6.45) is 18.4. The van der Waals surface area contributed by atoms with E-state index in [1.807, 2.05) is 12.1 Å². The summed E-state index contributed by atoms with van der Waals surface area (Å²) in [6.45, 7) is 10.4. The molecule has 5 heteroatoms. The highest BCUT2D eigenvalue weighted by atomic mass is 32.1. The summed E-state index contributed by atoms with van der Waals surface area (Å²) in [5, 5.41) is 5.15. The second-order valence-electron chi connectivity index (χ2n) is 12.4. The summed E-state index contributed by atoms with van der Waals surface area (Å²) in [4.78, 5) is 12.9. The number of carbonyl (C=O) groups excluding carboxylic acids is 1. The predicted octanol–water partition coefficient (Wildman–Crippen LogP) is 9.64. The van der Waals surface area contributed by atoms with E-state index in [2.05, 4.69) is 85.0 Å². The van der Waals surface area contributed by atoms with Crippen molar-refractivity contribution < 1.29 is 14.1 Å². The third-order valence-corrected chi connectivity index (χ3v) is 8.25. The maximum Gasteiger partial charge on any atom is 0.228 e. The van der Waals surface area contributed by atoms with Gasteiger partial charge >= 0.3 is 0 Å². The van der Waals surface area contributed by atoms with Crippen LogP contribution in [0.1, 0.15) is 121 Å². The Morgan fingerprint density at radius 2 is 1.54 bits per heavy atom. The molecule has 0 radical (unpaired) electrons. The van der Waals surface area contributed by atoms with Gasteiger partial charge in [0.1, 0.15) is 5.75 Å². The van der Waals surface area contributed by atoms with E-state index < -0.39 is 0 Å². The van der Waals surface area contributed by atoms with E-state index in [-0.39, 0.29) is 11.3 Å². The fourth-order valence-corrected chi connectivity index (χ4v) is 5.84. The molecule has 0 unspecified atom stereocenters. The maximum atomic E-state index is 12.9. The Hall–Kier alpha value is -2.66. The number of nitrogens with one attached hydrogen (secondary N) is 1. The van der Waals surface area contributed by atoms with Crippen LogP contribution in [0.15, 0.2) is 59.6 Å². The summed E-state index contributed by atoms with van der Waals surface area (Å²) < 4.78 is 8.47. The van der Waals surface area contributed by atoms with Crippen LogP contribution in [0.3, 0.4) is 0 Å². The summed E-state index contributed by atoms with van der Waals surface area (Å²) in [6, 6.07) is 14.4. The van der Waals surface area contributed by atoms with Crippen LogP contribution in [0.2, 0.25) is 0 Å². The van der Waals surface area contributed by atoms with E-state index in [1.165, 1.54) is 76.2 Å². The van der Waals surface area contributed by atoms with Crippen LogP contribution in [0.5, 0.6) is 5.75 Å². The van der Waals surface area contributed by atoms with Gasteiger partial charge in [0, 0.05) is 11.3 Å². The number of anilines is 1. The number of unbranched alkanes of at least 4 members (excludes halogenated alkanes) is 11. The van der Waals surface area contributed by atoms with Crippen LogP contribution >= 0.6 is 11.3 Å². The SMILES string of the molecule is CCCCCCCCCCCCCCOc1cc(CC(=O)Nc2cccc(C[n+]3ccsc3)c2)ccc1C(C)(C)C. The first kappa shape index (κ1) is 32.8. The molecular weight excluding hydrogens is 524 g/mol. The van der Waals surface area contributed by atoms with E-state index in [4.69, 9.17) is 4.74 Å². The van der Waals surface area contributed by atoms with Crippen molar-refractivity contribution in [3.05, 3.63) is 76.2 Å². The third kappa shape index (κ3) is 12.8. The van der Waals surface area contributed by atoms with E-state index in [0.29, 0.717) is 6.42 Å². The Bertz CT molecular complexity index is 1150. The molecule has 3 aromatic rings. The van der Waals surface area contributed by atoms with Gasteiger partial charge in [0.2, 0.25) is 11.4 Å². The zero-order valence-electron chi connectivity index (χ0n) is 26.1. The smallest absolute Gasteiger partial charge is 0.228 e. The van der Waals surface area contributed by atoms with Crippen molar-refractivity contribution in [2.24, 2.45) is 0 Å². The first-order chi connectivity index (χ1) is 19.8. The van der Waals surface area contributed by atoms with Gasteiger partial charge in [-0.15, -0.1) is 0 Å². The molecule has 0 atom stereocenters. The standard InChI is InChI=1S/C36H52N2O2S/c1-5-6-7-8-9-10-11-12-13-14-15-16-23-40-34-26-30(20-21-33(34)36(2,3)4)27-35(39)37-32-19-17-18-31(25-32)28-38-22-24-41-29-38/h17-22,24-26,29H,5-16,23,27-28H2,1-4H3/p+1. The molecule has 0 bridgehead atoms. The minimum Gasteiger partial charge on any atom is -0.493 e. The lowest BCUT2D eigenvalue weighted by molar-refractivity contribution is -0.683. The summed E-state index contributed by atoms with van der Waals surface area (Å²) in [7, 11) is 0. The van der Waals surface area contributed by atoms with E-state index in [9.17, 15) is 4.79 Å². The van der Waals surface area contributed by atoms with Crippen molar-refractivity contribution in [1.82, 2.24) is 0 Å². The predicted molar refractivity (Wildman–Crippen MR) is 174 cm³/mol. The zero-order chi connectivity index (χ0) is 29.3. The molecule has 0 aliphatic rings. The lowest BCUT2D eigenvalue weighted by atomic mass is 9.85. The minimum atomic E-state index is -0.0203. The van der Waals surface area contributed by atoms with Gasteiger partial charge in [0.25, 0.3) is 0 Å². The Morgan fingerprint density at radius 1 is 0.854 bits per heavy atom. The first-order valence-corrected chi connectivity index (χ1v) is 16.9. The molecule has 1 aromatic heterocycles. The summed E-state index contributed by atoms with van der Waals surface area (Å²) >= 11 is 1.67. The lowest BCUT2D eigenvalue weighted by Gasteiger charge is -2.23. The molecule has 1 heterocycles. The van der Waals surface area contributed by atoms with E-state index >= 15 is 0 Å². The number of ether oxygens (including phenoxy) is 1. The van der Waals surface area contributed by atoms with Crippen molar-refractivity contribution >= 4 is 22.9 Å². The molecule has 0 aliphatic carbocycles. The third-order valence-electron chi connectivity index (χ3n) is 7.58. The Balaban J connectivity index is 1.43. The van der Waals surface area contributed by atoms with Gasteiger partial charge in [-0.1, -0.05) is 134 Å². The molecule has 0 saturated carbocycles. The van der Waals surface area contributed by atoms with Crippen molar-refractivity contribution in [2.75, 3.05) is 11.9 Å². The van der Waals surface area contributed by atoms with Crippen molar-refractivity contribution in [1.29, 1.82) is 0 Å². The second-order valence-corrected chi connectivity index (χ2v) is 13.2. The number of amides is 1. The maximum absolute atomic E-state index is 12.9. The molecule has 1 N–H and O–H groups in total. The van der Waals surface area contributed by atoms with Gasteiger partial charge in [0.05, 0.1) is 18.4 Å². The molecule has 224 valence electrons. The molecular formula is C36H53N2O2S+. The van der Waals surface area contributed by atoms with Crippen LogP contribution in [0.4, 0.5) is 5.69 Å². The molecule has 4 nitrogen and oxygen atoms in total. The Kier molecular flexibility index (Phi) is 14.4. The fraction of sp³-hybridized carbons (Fsp3) is 0.556. The summed E-state index contributed by atoms with van der Waals surface area (Å²) in [5.74, 6) is 0.904. The number of aromatic nitrogens is 1. The van der Waals surface area contributed by atoms with Gasteiger partial charge in [-0.2, -0.15) is 4.57 Å². The Labute approximate surface area is 253 Å². The van der Waals surface area contributed by atoms with Gasteiger partial charge < -0.3 is 10.1 Å². The van der Waals surface area contributed by atoms with Crippen LogP contribution in [-0.2, 0) is 23.2 Å². The normalized spacial score (nSPS) is 11.5. The number of nitrogens with zero attached hydrogens (tertiary/aromatic N) is 1. The lowest BCUT2D eigenvalue weighted by Crippen LogP contribution is -2.30. The van der Waals surface area contributed by atoms with Crippen molar-refractivity contribution in [3.63, 3.8) is 0 Å². The molecule has 0 spiro atoms. The van der Waals surface area contributed by atoms with Crippen LogP contribution in [0.25, 0.3) is 0 Å². The van der Waals surface area contributed by atoms with E-state index in [0.717, 1.165) is 42.1 Å². The largest absolute Gasteiger partial charge is 0.493 e. The molecule has 2 aromatic carbocycles. The zero-order valence-corrected chi connectivity index (χ0v) is 26.9. The highest BCUT2D eigenvalue weighted by Gasteiger charge is 2.20. The second kappa shape index (κ2) is 18.0. The molecule has 0 aliphatic heterocycles. The molecule has 41 heavy (non-hydrogen) atoms. The minimum absolute atomic E-state index is 0.0132. The molecule has 0 saturated heterocycles. The highest BCUT2D eigenvalue weighted by molar-refractivity contribution is 7.07. The number of carbonyl (C=O) groups is 1. The van der Waals surface area contributed by atoms with Crippen molar-refractivity contribution in [2.45, 2.75) is 123 Å². The number of hydrogen-bond acceptors (Lipinski definition) is 3. The molecule has 1 amide bonds. The monoisotopic (exact) mass is 577 g/mol. The Morgan fingerprint density at radius 3 is 2.17 bits per heavy atom. The highest BCUT2D eigenvalue weighted by Crippen LogP contribution is 2.32. The molecule has 0 fully saturated rings. The van der Waals surface area contributed by atoms with Gasteiger partial charge in [-0.25, -0.2) is 0 Å². The van der Waals surface area contributed by atoms with Gasteiger partial charge in [-0.3, -0.25) is 4.79 Å². The first-order valence-electron chi connectivity index (χ1n) is 15.9. The van der Waals surface area contributed by atoms with Crippen LogP contribution in [-0.4, -0.2) is 12.5 Å². The fourth-order valence-electron chi connectivity index (χ4n) is 5.24. The average Bonchev–Trinajstić information content (AvgIpc) is 3.44. The number of benzene rings is 2. The van der Waals surface area contributed by atoms with Crippen molar-refractivity contribution in [3.8, 4) is 5.75 Å².